The van der Waals surface area contributed by atoms with Crippen LogP contribution in [0.5, 0.6) is 0 Å². The summed E-state index contributed by atoms with van der Waals surface area (Å²) in [5.74, 6) is 0.103. The van der Waals surface area contributed by atoms with Gasteiger partial charge < -0.3 is 14.9 Å². The molecule has 0 aliphatic carbocycles. The average Bonchev–Trinajstić information content (AvgIpc) is 2.93. The van der Waals surface area contributed by atoms with Gasteiger partial charge in [-0.05, 0) is 54.9 Å². The number of benzene rings is 2. The predicted octanol–water partition coefficient (Wildman–Crippen LogP) is 5.66. The van der Waals surface area contributed by atoms with Gasteiger partial charge in [-0.15, -0.1) is 0 Å². The summed E-state index contributed by atoms with van der Waals surface area (Å²) in [4.78, 5) is 38.2. The Kier molecular flexibility index (Phi) is 9.71. The van der Waals surface area contributed by atoms with Crippen molar-refractivity contribution in [3.63, 3.8) is 0 Å². The first-order valence-electron chi connectivity index (χ1n) is 13.3. The third kappa shape index (κ3) is 7.54. The first-order valence-corrected chi connectivity index (χ1v) is 13.7. The molecule has 0 atom stereocenters. The first-order chi connectivity index (χ1) is 18.4. The van der Waals surface area contributed by atoms with Crippen LogP contribution in [0.15, 0.2) is 60.8 Å². The van der Waals surface area contributed by atoms with Crippen LogP contribution >= 0.6 is 11.6 Å². The van der Waals surface area contributed by atoms with E-state index in [1.165, 1.54) is 5.56 Å². The minimum Gasteiger partial charge on any atom is -0.481 e. The van der Waals surface area contributed by atoms with E-state index in [0.29, 0.717) is 34.6 Å². The van der Waals surface area contributed by atoms with Crippen molar-refractivity contribution >= 4 is 29.4 Å². The standard InChI is InChI=1S/C30H35ClN4O3/c1-2-6-27-26(29(38)35(18-15-28(36)37)21-24-9-11-25(31)12-10-24)20-32-30(33-27)34-16-13-23(14-17-34)19-22-7-4-3-5-8-22/h3-5,7-12,20,23H,2,6,13-19,21H2,1H3,(H,36,37). The number of hydrogen-bond donors (Lipinski definition) is 1. The molecular formula is C30H35ClN4O3. The molecule has 1 N–H and O–H groups in total. The van der Waals surface area contributed by atoms with Gasteiger partial charge in [0, 0.05) is 37.4 Å². The molecular weight excluding hydrogens is 500 g/mol. The summed E-state index contributed by atoms with van der Waals surface area (Å²) in [5, 5.41) is 9.86. The number of hydrogen-bond acceptors (Lipinski definition) is 5. The van der Waals surface area contributed by atoms with Gasteiger partial charge in [0.25, 0.3) is 5.91 Å². The topological polar surface area (TPSA) is 86.6 Å². The van der Waals surface area contributed by atoms with Crippen LogP contribution in [0.2, 0.25) is 5.02 Å². The van der Waals surface area contributed by atoms with E-state index < -0.39 is 5.97 Å². The van der Waals surface area contributed by atoms with Gasteiger partial charge in [0.1, 0.15) is 0 Å². The second kappa shape index (κ2) is 13.4. The lowest BCUT2D eigenvalue weighted by Gasteiger charge is -2.32. The highest BCUT2D eigenvalue weighted by Crippen LogP contribution is 2.25. The maximum Gasteiger partial charge on any atom is 0.305 e. The Morgan fingerprint density at radius 1 is 1.05 bits per heavy atom. The number of nitrogens with zero attached hydrogens (tertiary/aromatic N) is 4. The molecule has 38 heavy (non-hydrogen) atoms. The van der Waals surface area contributed by atoms with Crippen molar-refractivity contribution < 1.29 is 14.7 Å². The fourth-order valence-electron chi connectivity index (χ4n) is 4.91. The Bertz CT molecular complexity index is 1210. The van der Waals surface area contributed by atoms with E-state index in [9.17, 15) is 14.7 Å². The highest BCUT2D eigenvalue weighted by molar-refractivity contribution is 6.30. The second-order valence-corrected chi connectivity index (χ2v) is 10.3. The Morgan fingerprint density at radius 3 is 2.42 bits per heavy atom. The molecule has 8 heteroatoms. The maximum absolute atomic E-state index is 13.6. The van der Waals surface area contributed by atoms with Crippen LogP contribution in [0.25, 0.3) is 0 Å². The zero-order chi connectivity index (χ0) is 26.9. The molecule has 3 aromatic rings. The minimum absolute atomic E-state index is 0.0963. The number of carbonyl (C=O) groups is 2. The van der Waals surface area contributed by atoms with Gasteiger partial charge >= 0.3 is 5.97 Å². The molecule has 7 nitrogen and oxygen atoms in total. The van der Waals surface area contributed by atoms with Gasteiger partial charge in [-0.3, -0.25) is 9.59 Å². The summed E-state index contributed by atoms with van der Waals surface area (Å²) in [6, 6.07) is 17.8. The van der Waals surface area contributed by atoms with Crippen molar-refractivity contribution in [2.45, 2.75) is 52.0 Å². The third-order valence-corrected chi connectivity index (χ3v) is 7.26. The van der Waals surface area contributed by atoms with E-state index in [1.807, 2.05) is 12.1 Å². The number of aromatic nitrogens is 2. The molecule has 0 spiro atoms. The van der Waals surface area contributed by atoms with E-state index >= 15 is 0 Å². The number of piperidine rings is 1. The highest BCUT2D eigenvalue weighted by Gasteiger charge is 2.25. The number of carboxylic acids is 1. The van der Waals surface area contributed by atoms with Gasteiger partial charge in [0.2, 0.25) is 5.95 Å². The fourth-order valence-corrected chi connectivity index (χ4v) is 5.04. The first kappa shape index (κ1) is 27.6. The fraction of sp³-hybridized carbons (Fsp3) is 0.400. The quantitative estimate of drug-likeness (QED) is 0.341. The summed E-state index contributed by atoms with van der Waals surface area (Å²) in [7, 11) is 0. The summed E-state index contributed by atoms with van der Waals surface area (Å²) >= 11 is 6.01. The molecule has 0 unspecified atom stereocenters. The van der Waals surface area contributed by atoms with Crippen molar-refractivity contribution in [2.24, 2.45) is 5.92 Å². The van der Waals surface area contributed by atoms with Gasteiger partial charge in [0.15, 0.2) is 0 Å². The van der Waals surface area contributed by atoms with Gasteiger partial charge in [-0.2, -0.15) is 0 Å². The Balaban J connectivity index is 1.48. The molecule has 2 aromatic carbocycles. The van der Waals surface area contributed by atoms with Crippen LogP contribution in [0.1, 0.15) is 59.8 Å². The van der Waals surface area contributed by atoms with Crippen LogP contribution < -0.4 is 4.90 Å². The molecule has 0 radical (unpaired) electrons. The van der Waals surface area contributed by atoms with Crippen LogP contribution in [-0.4, -0.2) is 51.5 Å². The lowest BCUT2D eigenvalue weighted by Crippen LogP contribution is -2.36. The summed E-state index contributed by atoms with van der Waals surface area (Å²) in [6.07, 6.45) is 6.21. The Hall–Kier alpha value is -3.45. The van der Waals surface area contributed by atoms with Crippen molar-refractivity contribution in [1.29, 1.82) is 0 Å². The number of amides is 1. The molecule has 200 valence electrons. The number of carboxylic acid groups (broad SMARTS) is 1. The van der Waals surface area contributed by atoms with Crippen LogP contribution in [0.4, 0.5) is 5.95 Å². The normalized spacial score (nSPS) is 13.9. The molecule has 1 aromatic heterocycles. The number of aryl methyl sites for hydroxylation is 1. The zero-order valence-corrected chi connectivity index (χ0v) is 22.6. The maximum atomic E-state index is 13.6. The third-order valence-electron chi connectivity index (χ3n) is 7.01. The summed E-state index contributed by atoms with van der Waals surface area (Å²) in [5.41, 5.74) is 3.40. The Morgan fingerprint density at radius 2 is 1.76 bits per heavy atom. The van der Waals surface area contributed by atoms with Gasteiger partial charge in [0.05, 0.1) is 17.7 Å². The summed E-state index contributed by atoms with van der Waals surface area (Å²) in [6.45, 7) is 4.21. The minimum atomic E-state index is -0.949. The molecule has 1 aliphatic heterocycles. The lowest BCUT2D eigenvalue weighted by molar-refractivity contribution is -0.137. The van der Waals surface area contributed by atoms with Crippen molar-refractivity contribution in [3.8, 4) is 0 Å². The summed E-state index contributed by atoms with van der Waals surface area (Å²) < 4.78 is 0. The highest BCUT2D eigenvalue weighted by atomic mass is 35.5. The molecule has 4 rings (SSSR count). The van der Waals surface area contributed by atoms with E-state index in [4.69, 9.17) is 16.6 Å². The van der Waals surface area contributed by atoms with Crippen LogP contribution in [0.3, 0.4) is 0 Å². The number of aliphatic carboxylic acids is 1. The molecule has 1 amide bonds. The van der Waals surface area contributed by atoms with Gasteiger partial charge in [-0.25, -0.2) is 9.97 Å². The largest absolute Gasteiger partial charge is 0.481 e. The molecule has 1 saturated heterocycles. The van der Waals surface area contributed by atoms with E-state index in [2.05, 4.69) is 47.1 Å². The molecule has 0 bridgehead atoms. The monoisotopic (exact) mass is 534 g/mol. The molecule has 2 heterocycles. The zero-order valence-electron chi connectivity index (χ0n) is 21.9. The van der Waals surface area contributed by atoms with E-state index in [0.717, 1.165) is 44.3 Å². The second-order valence-electron chi connectivity index (χ2n) is 9.90. The van der Waals surface area contributed by atoms with Crippen LogP contribution in [0, 0.1) is 5.92 Å². The predicted molar refractivity (Wildman–Crippen MR) is 150 cm³/mol. The smallest absolute Gasteiger partial charge is 0.305 e. The van der Waals surface area contributed by atoms with E-state index in [1.54, 1.807) is 23.2 Å². The van der Waals surface area contributed by atoms with Crippen molar-refractivity contribution in [3.05, 3.63) is 88.2 Å². The molecule has 1 fully saturated rings. The Labute approximate surface area is 229 Å². The number of anilines is 1. The van der Waals surface area contributed by atoms with Crippen molar-refractivity contribution in [1.82, 2.24) is 14.9 Å². The molecule has 0 saturated carbocycles. The average molecular weight is 535 g/mol. The number of rotatable bonds is 11. The SMILES string of the molecule is CCCc1nc(N2CCC(Cc3ccccc3)CC2)ncc1C(=O)N(CCC(=O)O)Cc1ccc(Cl)cc1. The number of halogens is 1. The van der Waals surface area contributed by atoms with Gasteiger partial charge in [-0.1, -0.05) is 67.4 Å². The van der Waals surface area contributed by atoms with Crippen molar-refractivity contribution in [2.75, 3.05) is 24.5 Å². The number of carbonyl (C=O) groups excluding carboxylic acids is 1. The molecule has 1 aliphatic rings. The lowest BCUT2D eigenvalue weighted by atomic mass is 9.90. The van der Waals surface area contributed by atoms with Crippen LogP contribution in [-0.2, 0) is 24.2 Å². The van der Waals surface area contributed by atoms with E-state index in [-0.39, 0.29) is 25.4 Å².